The molecule has 0 aliphatic heterocycles. The van der Waals surface area contributed by atoms with Crippen molar-refractivity contribution in [1.29, 1.82) is 5.26 Å². The summed E-state index contributed by atoms with van der Waals surface area (Å²) < 4.78 is 3.64. The minimum Gasteiger partial charge on any atom is -0.293 e. The summed E-state index contributed by atoms with van der Waals surface area (Å²) in [6.45, 7) is 0. The summed E-state index contributed by atoms with van der Waals surface area (Å²) >= 11 is 2.84. The number of aromatic nitrogens is 5. The van der Waals surface area contributed by atoms with Crippen LogP contribution >= 0.6 is 23.5 Å². The number of hydrogen-bond acceptors (Lipinski definition) is 7. The number of benzene rings is 4. The zero-order chi connectivity index (χ0) is 28.7. The van der Waals surface area contributed by atoms with E-state index in [1.54, 1.807) is 0 Å². The molecule has 0 aliphatic carbocycles. The quantitative estimate of drug-likeness (QED) is 0.122. The van der Waals surface area contributed by atoms with E-state index in [1.807, 2.05) is 131 Å². The average Bonchev–Trinajstić information content (AvgIpc) is 3.65. The monoisotopic (exact) mass is 584 g/mol. The SMILES string of the molecule is N#Cc1c(-c2ccccc2)nn(-c2ccccc2)c1SCn1nnc(SCC(=O)c2ccccc2)c1-c1ccccc1. The third kappa shape index (κ3) is 5.77. The molecule has 0 N–H and O–H groups in total. The maximum absolute atomic E-state index is 12.8. The van der Waals surface area contributed by atoms with Gasteiger partial charge < -0.3 is 0 Å². The summed E-state index contributed by atoms with van der Waals surface area (Å²) in [5, 5.41) is 25.5. The number of hydrogen-bond donors (Lipinski definition) is 0. The fraction of sp³-hybridized carbons (Fsp3) is 0.0606. The van der Waals surface area contributed by atoms with Gasteiger partial charge in [-0.15, -0.1) is 5.10 Å². The highest BCUT2D eigenvalue weighted by Crippen LogP contribution is 2.36. The van der Waals surface area contributed by atoms with E-state index in [0.29, 0.717) is 32.7 Å². The zero-order valence-electron chi connectivity index (χ0n) is 22.4. The van der Waals surface area contributed by atoms with Crippen LogP contribution in [-0.2, 0) is 5.88 Å². The number of para-hydroxylation sites is 1. The van der Waals surface area contributed by atoms with Gasteiger partial charge in [-0.25, -0.2) is 9.36 Å². The van der Waals surface area contributed by atoms with Crippen molar-refractivity contribution in [3.05, 3.63) is 132 Å². The molecule has 0 bridgehead atoms. The van der Waals surface area contributed by atoms with Gasteiger partial charge in [-0.3, -0.25) is 4.79 Å². The van der Waals surface area contributed by atoms with Crippen molar-refractivity contribution in [2.24, 2.45) is 0 Å². The molecule has 6 rings (SSSR count). The van der Waals surface area contributed by atoms with E-state index in [0.717, 1.165) is 22.5 Å². The van der Waals surface area contributed by atoms with Crippen LogP contribution in [0.1, 0.15) is 15.9 Å². The molecule has 2 heterocycles. The van der Waals surface area contributed by atoms with Gasteiger partial charge in [0, 0.05) is 16.7 Å². The van der Waals surface area contributed by atoms with Gasteiger partial charge in [-0.1, -0.05) is 138 Å². The lowest BCUT2D eigenvalue weighted by Gasteiger charge is -2.10. The first-order valence-electron chi connectivity index (χ1n) is 13.2. The van der Waals surface area contributed by atoms with E-state index in [2.05, 4.69) is 16.4 Å². The predicted octanol–water partition coefficient (Wildman–Crippen LogP) is 7.39. The molecular formula is C33H24N6OS2. The van der Waals surface area contributed by atoms with Gasteiger partial charge in [0.2, 0.25) is 0 Å². The van der Waals surface area contributed by atoms with E-state index in [4.69, 9.17) is 5.10 Å². The molecule has 6 aromatic rings. The Labute approximate surface area is 251 Å². The average molecular weight is 585 g/mol. The topological polar surface area (TPSA) is 89.4 Å². The second kappa shape index (κ2) is 12.7. The van der Waals surface area contributed by atoms with Crippen LogP contribution < -0.4 is 0 Å². The van der Waals surface area contributed by atoms with Gasteiger partial charge in [0.05, 0.1) is 17.3 Å². The number of carbonyl (C=O) groups is 1. The van der Waals surface area contributed by atoms with Crippen LogP contribution in [0, 0.1) is 11.3 Å². The largest absolute Gasteiger partial charge is 0.293 e. The molecule has 4 aromatic carbocycles. The Morgan fingerprint density at radius 1 is 0.762 bits per heavy atom. The Bertz CT molecular complexity index is 1850. The molecule has 0 unspecified atom stereocenters. The lowest BCUT2D eigenvalue weighted by atomic mass is 10.1. The van der Waals surface area contributed by atoms with Crippen molar-refractivity contribution < 1.29 is 4.79 Å². The molecule has 0 atom stereocenters. The Hall–Kier alpha value is -4.91. The molecule has 0 saturated carbocycles. The van der Waals surface area contributed by atoms with Crippen LogP contribution in [-0.4, -0.2) is 36.3 Å². The van der Waals surface area contributed by atoms with E-state index in [-0.39, 0.29) is 11.5 Å². The number of Topliss-reactive ketones (excluding diaryl/α,β-unsaturated/α-hetero) is 1. The van der Waals surface area contributed by atoms with E-state index in [9.17, 15) is 10.1 Å². The molecule has 7 nitrogen and oxygen atoms in total. The number of nitrogens with zero attached hydrogens (tertiary/aromatic N) is 6. The standard InChI is InChI=1S/C33H24N6OS2/c34-21-28-30(25-15-7-2-8-16-25)36-39(27-19-11-4-12-20-27)33(28)42-23-38-31(26-17-9-3-10-18-26)32(35-37-38)41-22-29(40)24-13-5-1-6-14-24/h1-20H,22-23H2. The van der Waals surface area contributed by atoms with E-state index < -0.39 is 0 Å². The van der Waals surface area contributed by atoms with Gasteiger partial charge >= 0.3 is 0 Å². The first kappa shape index (κ1) is 27.3. The number of carbonyl (C=O) groups excluding carboxylic acids is 1. The Kier molecular flexibility index (Phi) is 8.26. The van der Waals surface area contributed by atoms with Gasteiger partial charge in [0.25, 0.3) is 0 Å². The summed E-state index contributed by atoms with van der Waals surface area (Å²) in [7, 11) is 0. The number of nitriles is 1. The molecule has 0 amide bonds. The number of thioether (sulfide) groups is 2. The minimum absolute atomic E-state index is 0.0300. The summed E-state index contributed by atoms with van der Waals surface area (Å²) in [6, 6.07) is 41.1. The summed E-state index contributed by atoms with van der Waals surface area (Å²) in [6.07, 6.45) is 0. The van der Waals surface area contributed by atoms with Gasteiger partial charge in [0.1, 0.15) is 33.1 Å². The molecular weight excluding hydrogens is 561 g/mol. The van der Waals surface area contributed by atoms with Crippen molar-refractivity contribution in [3.63, 3.8) is 0 Å². The van der Waals surface area contributed by atoms with Crippen LogP contribution in [0.15, 0.2) is 131 Å². The van der Waals surface area contributed by atoms with E-state index >= 15 is 0 Å². The third-order valence-corrected chi connectivity index (χ3v) is 8.49. The first-order valence-corrected chi connectivity index (χ1v) is 15.2. The molecule has 9 heteroatoms. The van der Waals surface area contributed by atoms with Crippen molar-refractivity contribution in [2.45, 2.75) is 15.9 Å². The normalized spacial score (nSPS) is 10.8. The van der Waals surface area contributed by atoms with Crippen LogP contribution in [0.5, 0.6) is 0 Å². The number of ketones is 1. The van der Waals surface area contributed by atoms with Crippen molar-refractivity contribution in [2.75, 3.05) is 5.75 Å². The molecule has 2 aromatic heterocycles. The van der Waals surface area contributed by atoms with Crippen molar-refractivity contribution in [1.82, 2.24) is 24.8 Å². The first-order chi connectivity index (χ1) is 20.7. The molecule has 42 heavy (non-hydrogen) atoms. The maximum Gasteiger partial charge on any atom is 0.173 e. The Morgan fingerprint density at radius 2 is 1.36 bits per heavy atom. The molecule has 0 spiro atoms. The molecule has 204 valence electrons. The van der Waals surface area contributed by atoms with Gasteiger partial charge in [-0.2, -0.15) is 10.4 Å². The maximum atomic E-state index is 12.8. The predicted molar refractivity (Wildman–Crippen MR) is 167 cm³/mol. The minimum atomic E-state index is 0.0300. The summed E-state index contributed by atoms with van der Waals surface area (Å²) in [5.74, 6) is 0.656. The van der Waals surface area contributed by atoms with Crippen LogP contribution in [0.3, 0.4) is 0 Å². The fourth-order valence-corrected chi connectivity index (χ4v) is 6.36. The smallest absolute Gasteiger partial charge is 0.173 e. The second-order valence-corrected chi connectivity index (χ2v) is 11.1. The lowest BCUT2D eigenvalue weighted by molar-refractivity contribution is 0.102. The van der Waals surface area contributed by atoms with Crippen LogP contribution in [0.25, 0.3) is 28.2 Å². The summed E-state index contributed by atoms with van der Waals surface area (Å²) in [4.78, 5) is 12.8. The van der Waals surface area contributed by atoms with Crippen molar-refractivity contribution in [3.8, 4) is 34.3 Å². The molecule has 0 saturated heterocycles. The Morgan fingerprint density at radius 3 is 2.00 bits per heavy atom. The summed E-state index contributed by atoms with van der Waals surface area (Å²) in [5.41, 5.74) is 5.29. The highest BCUT2D eigenvalue weighted by Gasteiger charge is 2.23. The van der Waals surface area contributed by atoms with Gasteiger partial charge in [-0.05, 0) is 12.1 Å². The number of rotatable bonds is 10. The lowest BCUT2D eigenvalue weighted by Crippen LogP contribution is -2.04. The van der Waals surface area contributed by atoms with Crippen LogP contribution in [0.2, 0.25) is 0 Å². The highest BCUT2D eigenvalue weighted by atomic mass is 32.2. The van der Waals surface area contributed by atoms with Crippen LogP contribution in [0.4, 0.5) is 0 Å². The second-order valence-electron chi connectivity index (χ2n) is 9.21. The highest BCUT2D eigenvalue weighted by molar-refractivity contribution is 8.00. The van der Waals surface area contributed by atoms with Crippen molar-refractivity contribution >= 4 is 29.3 Å². The van der Waals surface area contributed by atoms with E-state index in [1.165, 1.54) is 23.5 Å². The molecule has 0 radical (unpaired) electrons. The van der Waals surface area contributed by atoms with Gasteiger partial charge in [0.15, 0.2) is 5.78 Å². The molecule has 0 fully saturated rings. The molecule has 0 aliphatic rings. The Balaban J connectivity index is 1.35. The fourth-order valence-electron chi connectivity index (χ4n) is 4.50. The third-order valence-electron chi connectivity index (χ3n) is 6.51. The zero-order valence-corrected chi connectivity index (χ0v) is 24.0.